The summed E-state index contributed by atoms with van der Waals surface area (Å²) in [5.41, 5.74) is -0.104. The van der Waals surface area contributed by atoms with Crippen molar-refractivity contribution in [3.63, 3.8) is 0 Å². The largest absolute Gasteiger partial charge is 0.408 e. The summed E-state index contributed by atoms with van der Waals surface area (Å²) in [6, 6.07) is 0. The molecule has 0 spiro atoms. The van der Waals surface area contributed by atoms with Gasteiger partial charge in [0.2, 0.25) is 0 Å². The number of hydrogen-bond donors (Lipinski definition) is 0. The monoisotopic (exact) mass is 182 g/mol. The molecule has 1 aromatic rings. The molecule has 0 fully saturated rings. The first-order valence-corrected chi connectivity index (χ1v) is 3.15. The van der Waals surface area contributed by atoms with E-state index in [4.69, 9.17) is 0 Å². The fourth-order valence-electron chi connectivity index (χ4n) is 0.753. The van der Waals surface area contributed by atoms with E-state index in [0.29, 0.717) is 4.68 Å². The van der Waals surface area contributed by atoms with Crippen molar-refractivity contribution < 1.29 is 17.6 Å². The molecule has 0 bridgehead atoms. The van der Waals surface area contributed by atoms with Gasteiger partial charge in [-0.1, -0.05) is 0 Å². The van der Waals surface area contributed by atoms with Gasteiger partial charge in [-0.15, -0.1) is 0 Å². The molecule has 0 aliphatic rings. The summed E-state index contributed by atoms with van der Waals surface area (Å²) in [6.07, 6.45) is -3.59. The van der Waals surface area contributed by atoms with Gasteiger partial charge in [0.15, 0.2) is 5.82 Å². The van der Waals surface area contributed by atoms with Gasteiger partial charge < -0.3 is 0 Å². The molecule has 2 nitrogen and oxygen atoms in total. The maximum Gasteiger partial charge on any atom is 0.408 e. The van der Waals surface area contributed by atoms with Crippen molar-refractivity contribution in [3.05, 3.63) is 17.7 Å². The second kappa shape index (κ2) is 2.76. The predicted molar refractivity (Wildman–Crippen MR) is 33.0 cm³/mol. The van der Waals surface area contributed by atoms with E-state index in [1.54, 1.807) is 0 Å². The van der Waals surface area contributed by atoms with Crippen molar-refractivity contribution in [1.29, 1.82) is 0 Å². The highest BCUT2D eigenvalue weighted by Gasteiger charge is 2.29. The standard InChI is InChI=1S/C6H6F4N2/c1-4-5(7)2-11-12(4)3-6(8,9)10/h2H,3H2,1H3. The molecule has 0 unspecified atom stereocenters. The number of nitrogens with zero attached hydrogens (tertiary/aromatic N) is 2. The highest BCUT2D eigenvalue weighted by atomic mass is 19.4. The molecule has 0 radical (unpaired) electrons. The molecule has 1 heterocycles. The van der Waals surface area contributed by atoms with Crippen molar-refractivity contribution in [2.45, 2.75) is 19.6 Å². The van der Waals surface area contributed by atoms with E-state index in [1.807, 2.05) is 0 Å². The Balaban J connectivity index is 2.83. The second-order valence-electron chi connectivity index (χ2n) is 2.35. The smallest absolute Gasteiger partial charge is 0.258 e. The van der Waals surface area contributed by atoms with Crippen molar-refractivity contribution >= 4 is 0 Å². The fraction of sp³-hybridized carbons (Fsp3) is 0.500. The number of aromatic nitrogens is 2. The Morgan fingerprint density at radius 2 is 2.08 bits per heavy atom. The van der Waals surface area contributed by atoms with Gasteiger partial charge in [-0.05, 0) is 6.92 Å². The van der Waals surface area contributed by atoms with Gasteiger partial charge in [-0.2, -0.15) is 18.3 Å². The van der Waals surface area contributed by atoms with Crippen LogP contribution in [0.15, 0.2) is 6.20 Å². The van der Waals surface area contributed by atoms with E-state index in [2.05, 4.69) is 5.10 Å². The zero-order valence-corrected chi connectivity index (χ0v) is 6.19. The van der Waals surface area contributed by atoms with Crippen LogP contribution in [0.1, 0.15) is 5.69 Å². The minimum atomic E-state index is -4.36. The molecular weight excluding hydrogens is 176 g/mol. The molecule has 0 saturated heterocycles. The predicted octanol–water partition coefficient (Wildman–Crippen LogP) is 1.89. The number of halogens is 4. The van der Waals surface area contributed by atoms with Crippen LogP contribution in [0.2, 0.25) is 0 Å². The van der Waals surface area contributed by atoms with Crippen LogP contribution >= 0.6 is 0 Å². The zero-order valence-electron chi connectivity index (χ0n) is 6.19. The van der Waals surface area contributed by atoms with Gasteiger partial charge >= 0.3 is 6.18 Å². The summed E-state index contributed by atoms with van der Waals surface area (Å²) >= 11 is 0. The van der Waals surface area contributed by atoms with Gasteiger partial charge in [0.1, 0.15) is 6.54 Å². The molecule has 0 aliphatic carbocycles. The van der Waals surface area contributed by atoms with Gasteiger partial charge in [0, 0.05) is 0 Å². The van der Waals surface area contributed by atoms with Crippen LogP contribution < -0.4 is 0 Å². The van der Waals surface area contributed by atoms with Crippen LogP contribution in [0, 0.1) is 12.7 Å². The van der Waals surface area contributed by atoms with Crippen LogP contribution in [0.3, 0.4) is 0 Å². The van der Waals surface area contributed by atoms with Crippen LogP contribution in [0.4, 0.5) is 17.6 Å². The Morgan fingerprint density at radius 3 is 2.42 bits per heavy atom. The topological polar surface area (TPSA) is 17.8 Å². The summed E-state index contributed by atoms with van der Waals surface area (Å²) in [4.78, 5) is 0. The fourth-order valence-corrected chi connectivity index (χ4v) is 0.753. The SMILES string of the molecule is Cc1c(F)cnn1CC(F)(F)F. The Labute approximate surface area is 65.8 Å². The van der Waals surface area contributed by atoms with E-state index < -0.39 is 18.5 Å². The zero-order chi connectivity index (χ0) is 9.35. The van der Waals surface area contributed by atoms with Crippen LogP contribution in [0.25, 0.3) is 0 Å². The number of alkyl halides is 3. The second-order valence-corrected chi connectivity index (χ2v) is 2.35. The van der Waals surface area contributed by atoms with Crippen LogP contribution in [0.5, 0.6) is 0 Å². The first kappa shape index (κ1) is 9.02. The molecule has 0 saturated carbocycles. The van der Waals surface area contributed by atoms with E-state index in [9.17, 15) is 17.6 Å². The molecule has 0 aromatic carbocycles. The van der Waals surface area contributed by atoms with E-state index in [0.717, 1.165) is 6.20 Å². The lowest BCUT2D eigenvalue weighted by Crippen LogP contribution is -2.19. The highest BCUT2D eigenvalue weighted by molar-refractivity contribution is 5.00. The molecule has 0 N–H and O–H groups in total. The molecule has 1 rings (SSSR count). The minimum Gasteiger partial charge on any atom is -0.258 e. The molecule has 0 amide bonds. The molecule has 6 heteroatoms. The highest BCUT2D eigenvalue weighted by Crippen LogP contribution is 2.18. The third-order valence-corrected chi connectivity index (χ3v) is 1.37. The maximum absolute atomic E-state index is 12.5. The molecule has 68 valence electrons. The third-order valence-electron chi connectivity index (χ3n) is 1.37. The van der Waals surface area contributed by atoms with E-state index in [-0.39, 0.29) is 5.69 Å². The first-order chi connectivity index (χ1) is 5.40. The molecule has 0 atom stereocenters. The summed E-state index contributed by atoms with van der Waals surface area (Å²) < 4.78 is 48.3. The normalized spacial score (nSPS) is 12.1. The molecular formula is C6H6F4N2. The summed E-state index contributed by atoms with van der Waals surface area (Å²) in [5, 5.41) is 3.22. The third kappa shape index (κ3) is 1.96. The van der Waals surface area contributed by atoms with E-state index in [1.165, 1.54) is 6.92 Å². The van der Waals surface area contributed by atoms with Crippen molar-refractivity contribution in [2.75, 3.05) is 0 Å². The van der Waals surface area contributed by atoms with Gasteiger partial charge in [0.25, 0.3) is 0 Å². The van der Waals surface area contributed by atoms with Gasteiger partial charge in [-0.25, -0.2) is 4.39 Å². The van der Waals surface area contributed by atoms with Crippen molar-refractivity contribution in [3.8, 4) is 0 Å². The Hall–Kier alpha value is -1.07. The Kier molecular flexibility index (Phi) is 2.08. The van der Waals surface area contributed by atoms with Gasteiger partial charge in [-0.3, -0.25) is 4.68 Å². The van der Waals surface area contributed by atoms with Crippen LogP contribution in [-0.2, 0) is 6.54 Å². The van der Waals surface area contributed by atoms with Crippen molar-refractivity contribution in [2.24, 2.45) is 0 Å². The van der Waals surface area contributed by atoms with Gasteiger partial charge in [0.05, 0.1) is 11.9 Å². The van der Waals surface area contributed by atoms with E-state index >= 15 is 0 Å². The Morgan fingerprint density at radius 1 is 1.50 bits per heavy atom. The molecule has 12 heavy (non-hydrogen) atoms. The Bertz CT molecular complexity index is 276. The lowest BCUT2D eigenvalue weighted by atomic mass is 10.4. The van der Waals surface area contributed by atoms with Crippen LogP contribution in [-0.4, -0.2) is 16.0 Å². The van der Waals surface area contributed by atoms with Crippen molar-refractivity contribution in [1.82, 2.24) is 9.78 Å². The number of rotatable bonds is 1. The summed E-state index contributed by atoms with van der Waals surface area (Å²) in [7, 11) is 0. The first-order valence-electron chi connectivity index (χ1n) is 3.15. The lowest BCUT2D eigenvalue weighted by molar-refractivity contribution is -0.142. The molecule has 0 aliphatic heterocycles. The summed E-state index contributed by atoms with van der Waals surface area (Å²) in [5.74, 6) is -0.723. The quantitative estimate of drug-likeness (QED) is 0.606. The average molecular weight is 182 g/mol. The number of hydrogen-bond acceptors (Lipinski definition) is 1. The average Bonchev–Trinajstić information content (AvgIpc) is 2.16. The minimum absolute atomic E-state index is 0.104. The lowest BCUT2D eigenvalue weighted by Gasteiger charge is -2.07. The summed E-state index contributed by atoms with van der Waals surface area (Å²) in [6.45, 7) is -0.00315. The molecule has 1 aromatic heterocycles. The maximum atomic E-state index is 12.5.